The van der Waals surface area contributed by atoms with E-state index < -0.39 is 0 Å². The van der Waals surface area contributed by atoms with Crippen LogP contribution in [0.1, 0.15) is 11.1 Å². The lowest BCUT2D eigenvalue weighted by atomic mass is 10.1. The number of hydrogen-bond acceptors (Lipinski definition) is 4. The van der Waals surface area contributed by atoms with E-state index in [2.05, 4.69) is 35.6 Å². The molecule has 20 heavy (non-hydrogen) atoms. The van der Waals surface area contributed by atoms with Gasteiger partial charge >= 0.3 is 0 Å². The molecule has 2 aromatic carbocycles. The van der Waals surface area contributed by atoms with Gasteiger partial charge in [0.15, 0.2) is 0 Å². The van der Waals surface area contributed by atoms with Crippen molar-refractivity contribution in [3.63, 3.8) is 0 Å². The van der Waals surface area contributed by atoms with E-state index in [4.69, 9.17) is 10.2 Å². The van der Waals surface area contributed by atoms with Crippen molar-refractivity contribution in [3.8, 4) is 0 Å². The van der Waals surface area contributed by atoms with E-state index in [9.17, 15) is 0 Å². The van der Waals surface area contributed by atoms with E-state index in [0.29, 0.717) is 12.8 Å². The highest BCUT2D eigenvalue weighted by Gasteiger charge is 2.18. The third-order valence-electron chi connectivity index (χ3n) is 3.40. The van der Waals surface area contributed by atoms with E-state index >= 15 is 0 Å². The number of anilines is 2. The molecule has 0 saturated heterocycles. The average molecular weight is 287 g/mol. The van der Waals surface area contributed by atoms with Gasteiger partial charge in [0, 0.05) is 23.0 Å². The monoisotopic (exact) mass is 287 g/mol. The summed E-state index contributed by atoms with van der Waals surface area (Å²) < 4.78 is 0. The summed E-state index contributed by atoms with van der Waals surface area (Å²) in [5.41, 5.74) is 4.49. The summed E-state index contributed by atoms with van der Waals surface area (Å²) in [5, 5.41) is 21.6. The van der Waals surface area contributed by atoms with Gasteiger partial charge in [-0.05, 0) is 42.2 Å². The summed E-state index contributed by atoms with van der Waals surface area (Å²) in [6, 6.07) is 12.4. The van der Waals surface area contributed by atoms with Gasteiger partial charge in [-0.15, -0.1) is 0 Å². The molecule has 0 spiro atoms. The maximum Gasteiger partial charge on any atom is 0.0529 e. The fourth-order valence-electron chi connectivity index (χ4n) is 2.42. The molecule has 3 nitrogen and oxygen atoms in total. The minimum atomic E-state index is 0.166. The van der Waals surface area contributed by atoms with Crippen LogP contribution in [-0.4, -0.2) is 23.4 Å². The van der Waals surface area contributed by atoms with Crippen molar-refractivity contribution < 1.29 is 10.2 Å². The third-order valence-corrected chi connectivity index (χ3v) is 4.67. The van der Waals surface area contributed by atoms with Crippen LogP contribution in [-0.2, 0) is 12.8 Å². The van der Waals surface area contributed by atoms with Gasteiger partial charge in [0.2, 0.25) is 0 Å². The summed E-state index contributed by atoms with van der Waals surface area (Å²) >= 11 is 1.74. The zero-order valence-corrected chi connectivity index (χ0v) is 11.9. The Bertz CT molecular complexity index is 628. The number of fused-ring (bicyclic) bond motifs is 2. The highest BCUT2D eigenvalue weighted by atomic mass is 32.2. The fourth-order valence-corrected chi connectivity index (χ4v) is 3.53. The summed E-state index contributed by atoms with van der Waals surface area (Å²) in [6.45, 7) is 0.336. The molecule has 1 heterocycles. The van der Waals surface area contributed by atoms with Crippen molar-refractivity contribution in [2.75, 3.05) is 18.5 Å². The molecule has 3 N–H and O–H groups in total. The van der Waals surface area contributed by atoms with Gasteiger partial charge in [0.05, 0.1) is 11.4 Å². The second-order valence-corrected chi connectivity index (χ2v) is 5.85. The fraction of sp³-hybridized carbons (Fsp3) is 0.250. The van der Waals surface area contributed by atoms with Crippen molar-refractivity contribution >= 4 is 23.1 Å². The summed E-state index contributed by atoms with van der Waals surface area (Å²) in [5.74, 6) is 0. The molecule has 2 aromatic rings. The Kier molecular flexibility index (Phi) is 3.96. The largest absolute Gasteiger partial charge is 0.396 e. The van der Waals surface area contributed by atoms with Gasteiger partial charge in [-0.1, -0.05) is 30.0 Å². The maximum absolute atomic E-state index is 9.16. The first kappa shape index (κ1) is 13.5. The van der Waals surface area contributed by atoms with Crippen LogP contribution < -0.4 is 5.32 Å². The van der Waals surface area contributed by atoms with Crippen LogP contribution in [0.2, 0.25) is 0 Å². The molecule has 0 aliphatic carbocycles. The lowest BCUT2D eigenvalue weighted by Crippen LogP contribution is -2.04. The number of benzene rings is 2. The van der Waals surface area contributed by atoms with Gasteiger partial charge in [-0.2, -0.15) is 0 Å². The third kappa shape index (κ3) is 2.54. The summed E-state index contributed by atoms with van der Waals surface area (Å²) in [6.07, 6.45) is 1.35. The number of rotatable bonds is 4. The van der Waals surface area contributed by atoms with Gasteiger partial charge in [-0.3, -0.25) is 0 Å². The topological polar surface area (TPSA) is 52.5 Å². The zero-order valence-electron chi connectivity index (χ0n) is 11.1. The molecule has 0 bridgehead atoms. The van der Waals surface area contributed by atoms with E-state index in [0.717, 1.165) is 16.9 Å². The molecule has 3 rings (SSSR count). The molecule has 1 aliphatic rings. The van der Waals surface area contributed by atoms with Crippen LogP contribution in [0.3, 0.4) is 0 Å². The molecule has 0 saturated carbocycles. The van der Waals surface area contributed by atoms with Crippen molar-refractivity contribution in [3.05, 3.63) is 47.5 Å². The molecule has 0 amide bonds. The van der Waals surface area contributed by atoms with E-state index in [-0.39, 0.29) is 13.2 Å². The van der Waals surface area contributed by atoms with E-state index in [1.165, 1.54) is 15.4 Å². The first-order valence-corrected chi connectivity index (χ1v) is 7.55. The predicted octanol–water partition coefficient (Wildman–Crippen LogP) is 2.96. The highest BCUT2D eigenvalue weighted by Crippen LogP contribution is 2.46. The standard InChI is InChI=1S/C16H17NO2S/c18-8-6-11-4-5-15-14(10-11)17-13-3-1-2-12(7-9-19)16(13)20-15/h1-5,10,17-19H,6-9H2. The summed E-state index contributed by atoms with van der Waals surface area (Å²) in [4.78, 5) is 2.38. The molecule has 1 aliphatic heterocycles. The predicted molar refractivity (Wildman–Crippen MR) is 81.9 cm³/mol. The SMILES string of the molecule is OCCc1ccc2c(c1)Nc1cccc(CCO)c1S2. The van der Waals surface area contributed by atoms with Crippen LogP contribution in [0.5, 0.6) is 0 Å². The zero-order chi connectivity index (χ0) is 13.9. The van der Waals surface area contributed by atoms with Gasteiger partial charge in [-0.25, -0.2) is 0 Å². The Hall–Kier alpha value is -1.49. The Morgan fingerprint density at radius 3 is 2.60 bits per heavy atom. The second kappa shape index (κ2) is 5.87. The lowest BCUT2D eigenvalue weighted by Gasteiger charge is -2.23. The molecular formula is C16H17NO2S. The van der Waals surface area contributed by atoms with Crippen molar-refractivity contribution in [1.82, 2.24) is 0 Å². The Morgan fingerprint density at radius 2 is 1.80 bits per heavy atom. The van der Waals surface area contributed by atoms with Crippen molar-refractivity contribution in [2.24, 2.45) is 0 Å². The maximum atomic E-state index is 9.16. The number of hydrogen-bond donors (Lipinski definition) is 3. The lowest BCUT2D eigenvalue weighted by molar-refractivity contribution is 0.299. The average Bonchev–Trinajstić information content (AvgIpc) is 2.46. The smallest absolute Gasteiger partial charge is 0.0529 e. The van der Waals surface area contributed by atoms with Gasteiger partial charge < -0.3 is 15.5 Å². The van der Waals surface area contributed by atoms with Crippen LogP contribution in [0, 0.1) is 0 Å². The van der Waals surface area contributed by atoms with Gasteiger partial charge in [0.1, 0.15) is 0 Å². The molecule has 0 radical (unpaired) electrons. The molecular weight excluding hydrogens is 270 g/mol. The first-order valence-electron chi connectivity index (χ1n) is 6.73. The van der Waals surface area contributed by atoms with Gasteiger partial charge in [0.25, 0.3) is 0 Å². The number of aliphatic hydroxyl groups excluding tert-OH is 2. The highest BCUT2D eigenvalue weighted by molar-refractivity contribution is 7.99. The van der Waals surface area contributed by atoms with Crippen LogP contribution in [0.15, 0.2) is 46.2 Å². The molecule has 0 aromatic heterocycles. The van der Waals surface area contributed by atoms with E-state index in [1.807, 2.05) is 6.07 Å². The van der Waals surface area contributed by atoms with Crippen LogP contribution in [0.4, 0.5) is 11.4 Å². The number of nitrogens with one attached hydrogen (secondary N) is 1. The first-order chi connectivity index (χ1) is 9.81. The normalized spacial score (nSPS) is 12.5. The van der Waals surface area contributed by atoms with Crippen molar-refractivity contribution in [2.45, 2.75) is 22.6 Å². The summed E-state index contributed by atoms with van der Waals surface area (Å²) in [7, 11) is 0. The molecule has 0 unspecified atom stereocenters. The Balaban J connectivity index is 1.95. The minimum absolute atomic E-state index is 0.166. The minimum Gasteiger partial charge on any atom is -0.396 e. The van der Waals surface area contributed by atoms with Crippen molar-refractivity contribution in [1.29, 1.82) is 0 Å². The van der Waals surface area contributed by atoms with E-state index in [1.54, 1.807) is 11.8 Å². The van der Waals surface area contributed by atoms with Crippen LogP contribution in [0.25, 0.3) is 0 Å². The Morgan fingerprint density at radius 1 is 0.950 bits per heavy atom. The second-order valence-electron chi connectivity index (χ2n) is 4.80. The quantitative estimate of drug-likeness (QED) is 0.690. The number of aliphatic hydroxyl groups is 2. The molecule has 104 valence electrons. The molecule has 0 fully saturated rings. The Labute approximate surface area is 122 Å². The molecule has 0 atom stereocenters. The molecule has 4 heteroatoms. The van der Waals surface area contributed by atoms with Crippen LogP contribution >= 0.6 is 11.8 Å².